The lowest BCUT2D eigenvalue weighted by atomic mass is 10.1. The fourth-order valence-corrected chi connectivity index (χ4v) is 2.05. The Kier molecular flexibility index (Phi) is 8.78. The van der Waals surface area contributed by atoms with Gasteiger partial charge in [-0.25, -0.2) is 0 Å². The van der Waals surface area contributed by atoms with Crippen LogP contribution in [0.1, 0.15) is 30.6 Å². The van der Waals surface area contributed by atoms with Crippen molar-refractivity contribution >= 4 is 27.8 Å². The molecule has 0 saturated carbocycles. The molecule has 7 heteroatoms. The predicted molar refractivity (Wildman–Crippen MR) is 102 cm³/mol. The lowest BCUT2D eigenvalue weighted by molar-refractivity contribution is 0.0268. The molecule has 0 aliphatic rings. The average molecular weight is 399 g/mol. The number of guanidine groups is 1. The number of carbonyl (C=O) groups is 1. The summed E-state index contributed by atoms with van der Waals surface area (Å²) in [5.74, 6) is 0.659. The van der Waals surface area contributed by atoms with Crippen LogP contribution >= 0.6 is 15.9 Å². The second-order valence-electron chi connectivity index (χ2n) is 5.93. The summed E-state index contributed by atoms with van der Waals surface area (Å²) >= 11 is 3.35. The van der Waals surface area contributed by atoms with E-state index in [0.29, 0.717) is 25.2 Å². The second-order valence-corrected chi connectivity index (χ2v) is 6.85. The fourth-order valence-electron chi connectivity index (χ4n) is 1.79. The first-order valence-electron chi connectivity index (χ1n) is 7.91. The van der Waals surface area contributed by atoms with Crippen molar-refractivity contribution < 1.29 is 9.53 Å². The zero-order valence-corrected chi connectivity index (χ0v) is 16.4. The van der Waals surface area contributed by atoms with E-state index in [9.17, 15) is 4.79 Å². The minimum atomic E-state index is -0.254. The predicted octanol–water partition coefficient (Wildman–Crippen LogP) is 2.16. The van der Waals surface area contributed by atoms with Crippen LogP contribution in [-0.2, 0) is 4.74 Å². The highest BCUT2D eigenvalue weighted by Gasteiger charge is 2.16. The molecule has 0 saturated heterocycles. The molecule has 0 fully saturated rings. The number of halogens is 1. The number of hydrogen-bond acceptors (Lipinski definition) is 3. The van der Waals surface area contributed by atoms with Gasteiger partial charge in [0.25, 0.3) is 5.91 Å². The van der Waals surface area contributed by atoms with Gasteiger partial charge in [0.05, 0.1) is 5.60 Å². The summed E-state index contributed by atoms with van der Waals surface area (Å²) in [6.07, 6.45) is 0.802. The number of methoxy groups -OCH3 is 1. The highest BCUT2D eigenvalue weighted by molar-refractivity contribution is 9.10. The molecule has 0 spiro atoms. The third-order valence-corrected chi connectivity index (χ3v) is 4.02. The lowest BCUT2D eigenvalue weighted by Crippen LogP contribution is -2.45. The summed E-state index contributed by atoms with van der Waals surface area (Å²) in [6.45, 7) is 5.98. The summed E-state index contributed by atoms with van der Waals surface area (Å²) in [7, 11) is 3.41. The number of nitrogens with zero attached hydrogens (tertiary/aromatic N) is 1. The van der Waals surface area contributed by atoms with Gasteiger partial charge in [-0.05, 0) is 44.5 Å². The third-order valence-electron chi connectivity index (χ3n) is 3.50. The van der Waals surface area contributed by atoms with Crippen molar-refractivity contribution in [3.8, 4) is 0 Å². The number of hydrogen-bond donors (Lipinski definition) is 3. The molecule has 134 valence electrons. The maximum Gasteiger partial charge on any atom is 0.251 e. The van der Waals surface area contributed by atoms with Crippen molar-refractivity contribution in [2.24, 2.45) is 4.99 Å². The zero-order chi connectivity index (χ0) is 18.0. The highest BCUT2D eigenvalue weighted by Crippen LogP contribution is 2.10. The first-order valence-corrected chi connectivity index (χ1v) is 8.70. The Morgan fingerprint density at radius 2 is 1.79 bits per heavy atom. The van der Waals surface area contributed by atoms with Gasteiger partial charge in [-0.2, -0.15) is 0 Å². The van der Waals surface area contributed by atoms with Crippen LogP contribution in [0.15, 0.2) is 33.7 Å². The number of aliphatic imine (C=N–C) groups is 1. The van der Waals surface area contributed by atoms with Crippen molar-refractivity contribution in [3.05, 3.63) is 34.3 Å². The molecular formula is C17H27BrN4O2. The Bertz CT molecular complexity index is 544. The van der Waals surface area contributed by atoms with Gasteiger partial charge in [-0.15, -0.1) is 0 Å². The summed E-state index contributed by atoms with van der Waals surface area (Å²) < 4.78 is 6.31. The Morgan fingerprint density at radius 1 is 1.17 bits per heavy atom. The Morgan fingerprint density at radius 3 is 2.38 bits per heavy atom. The normalized spacial score (nSPS) is 12.0. The molecule has 0 atom stereocenters. The van der Waals surface area contributed by atoms with Crippen LogP contribution in [0.5, 0.6) is 0 Å². The van der Waals surface area contributed by atoms with Gasteiger partial charge >= 0.3 is 0 Å². The quantitative estimate of drug-likeness (QED) is 0.356. The molecule has 0 aliphatic carbocycles. The lowest BCUT2D eigenvalue weighted by Gasteiger charge is -2.24. The molecule has 0 radical (unpaired) electrons. The van der Waals surface area contributed by atoms with Crippen LogP contribution < -0.4 is 16.0 Å². The van der Waals surface area contributed by atoms with Gasteiger partial charge in [0.1, 0.15) is 0 Å². The van der Waals surface area contributed by atoms with Gasteiger partial charge < -0.3 is 20.7 Å². The number of amides is 1. The smallest absolute Gasteiger partial charge is 0.251 e. The van der Waals surface area contributed by atoms with E-state index in [2.05, 4.69) is 36.9 Å². The van der Waals surface area contributed by atoms with E-state index in [1.807, 2.05) is 26.0 Å². The Balaban J connectivity index is 2.22. The molecule has 24 heavy (non-hydrogen) atoms. The summed E-state index contributed by atoms with van der Waals surface area (Å²) in [5.41, 5.74) is 0.404. The Labute approximate surface area is 152 Å². The molecule has 3 N–H and O–H groups in total. The van der Waals surface area contributed by atoms with Crippen LogP contribution in [0.4, 0.5) is 0 Å². The maximum atomic E-state index is 12.0. The third kappa shape index (κ3) is 7.79. The molecule has 0 bridgehead atoms. The van der Waals surface area contributed by atoms with Gasteiger partial charge in [0, 0.05) is 43.8 Å². The molecule has 0 aromatic heterocycles. The summed E-state index contributed by atoms with van der Waals surface area (Å²) in [6, 6.07) is 7.29. The van der Waals surface area contributed by atoms with E-state index >= 15 is 0 Å². The van der Waals surface area contributed by atoms with Crippen LogP contribution in [0.3, 0.4) is 0 Å². The van der Waals surface area contributed by atoms with E-state index in [-0.39, 0.29) is 11.5 Å². The number of carbonyl (C=O) groups excluding carboxylic acids is 1. The van der Waals surface area contributed by atoms with E-state index in [0.717, 1.165) is 16.9 Å². The highest BCUT2D eigenvalue weighted by atomic mass is 79.9. The van der Waals surface area contributed by atoms with Crippen molar-refractivity contribution in [1.82, 2.24) is 16.0 Å². The maximum absolute atomic E-state index is 12.0. The summed E-state index contributed by atoms with van der Waals surface area (Å²) in [4.78, 5) is 16.1. The summed E-state index contributed by atoms with van der Waals surface area (Å²) in [5, 5.41) is 9.33. The van der Waals surface area contributed by atoms with Gasteiger partial charge in [-0.1, -0.05) is 15.9 Å². The standard InChI is InChI=1S/C17H27BrN4O2/c1-17(2,24-4)12-22-16(19-3)21-11-5-10-20-15(23)13-6-8-14(18)9-7-13/h6-9H,5,10-12H2,1-4H3,(H,20,23)(H2,19,21,22). The van der Waals surface area contributed by atoms with Crippen LogP contribution in [0, 0.1) is 0 Å². The molecule has 0 aliphatic heterocycles. The minimum absolute atomic E-state index is 0.0631. The minimum Gasteiger partial charge on any atom is -0.377 e. The fraction of sp³-hybridized carbons (Fsp3) is 0.529. The molecule has 0 unspecified atom stereocenters. The average Bonchev–Trinajstić information content (AvgIpc) is 2.57. The van der Waals surface area contributed by atoms with E-state index < -0.39 is 0 Å². The second kappa shape index (κ2) is 10.3. The van der Waals surface area contributed by atoms with Crippen molar-refractivity contribution in [2.75, 3.05) is 33.8 Å². The molecule has 0 heterocycles. The molecular weight excluding hydrogens is 372 g/mol. The number of nitrogens with one attached hydrogen (secondary N) is 3. The van der Waals surface area contributed by atoms with Crippen molar-refractivity contribution in [2.45, 2.75) is 25.9 Å². The van der Waals surface area contributed by atoms with Gasteiger partial charge in [0.2, 0.25) is 0 Å². The first-order chi connectivity index (χ1) is 11.4. The monoisotopic (exact) mass is 398 g/mol. The van der Waals surface area contributed by atoms with Gasteiger partial charge in [-0.3, -0.25) is 9.79 Å². The van der Waals surface area contributed by atoms with Crippen LogP contribution in [0.2, 0.25) is 0 Å². The topological polar surface area (TPSA) is 74.8 Å². The zero-order valence-electron chi connectivity index (χ0n) is 14.8. The Hall–Kier alpha value is -1.60. The molecule has 1 amide bonds. The van der Waals surface area contributed by atoms with E-state index in [1.54, 1.807) is 26.3 Å². The number of ether oxygens (including phenoxy) is 1. The SMILES string of the molecule is CN=C(NCCCNC(=O)c1ccc(Br)cc1)NCC(C)(C)OC. The van der Waals surface area contributed by atoms with Gasteiger partial charge in [0.15, 0.2) is 5.96 Å². The molecule has 6 nitrogen and oxygen atoms in total. The van der Waals surface area contributed by atoms with E-state index in [4.69, 9.17) is 4.74 Å². The molecule has 1 rings (SSSR count). The van der Waals surface area contributed by atoms with Crippen molar-refractivity contribution in [1.29, 1.82) is 0 Å². The number of benzene rings is 1. The number of rotatable bonds is 8. The van der Waals surface area contributed by atoms with Crippen LogP contribution in [0.25, 0.3) is 0 Å². The largest absolute Gasteiger partial charge is 0.377 e. The first kappa shape index (κ1) is 20.4. The van der Waals surface area contributed by atoms with E-state index in [1.165, 1.54) is 0 Å². The molecule has 1 aromatic carbocycles. The van der Waals surface area contributed by atoms with Crippen LogP contribution in [-0.4, -0.2) is 51.3 Å². The van der Waals surface area contributed by atoms with Crippen molar-refractivity contribution in [3.63, 3.8) is 0 Å². The molecule has 1 aromatic rings.